The smallest absolute Gasteiger partial charge is 0.0411 e. The van der Waals surface area contributed by atoms with Crippen LogP contribution in [0, 0.1) is 6.92 Å². The normalized spacial score (nSPS) is 18.3. The molecule has 0 N–H and O–H groups in total. The van der Waals surface area contributed by atoms with Gasteiger partial charge in [0.25, 0.3) is 0 Å². The highest BCUT2D eigenvalue weighted by Crippen LogP contribution is 2.43. The second-order valence-corrected chi connectivity index (χ2v) is 4.75. The first-order valence-corrected chi connectivity index (χ1v) is 4.68. The quantitative estimate of drug-likeness (QED) is 0.574. The topological polar surface area (TPSA) is 0 Å². The molecule has 1 aromatic rings. The molecule has 0 radical (unpaired) electrons. The zero-order chi connectivity index (χ0) is 8.93. The maximum Gasteiger partial charge on any atom is 0.0411 e. The van der Waals surface area contributed by atoms with Gasteiger partial charge in [-0.25, -0.2) is 0 Å². The van der Waals surface area contributed by atoms with E-state index in [2.05, 4.69) is 32.9 Å². The van der Waals surface area contributed by atoms with Gasteiger partial charge in [-0.2, -0.15) is 0 Å². The Bertz CT molecular complexity index is 320. The van der Waals surface area contributed by atoms with E-state index < -0.39 is 0 Å². The largest absolute Gasteiger partial charge is 0.0843 e. The molecule has 0 saturated carbocycles. The van der Waals surface area contributed by atoms with Crippen LogP contribution in [0.15, 0.2) is 12.1 Å². The molecule has 1 aliphatic rings. The fourth-order valence-corrected chi connectivity index (χ4v) is 2.67. The Morgan fingerprint density at radius 3 is 2.50 bits per heavy atom. The van der Waals surface area contributed by atoms with Crippen molar-refractivity contribution < 1.29 is 0 Å². The average Bonchev–Trinajstić information content (AvgIpc) is 1.81. The third kappa shape index (κ3) is 0.980. The van der Waals surface area contributed by atoms with Crippen molar-refractivity contribution in [2.45, 2.75) is 32.6 Å². The van der Waals surface area contributed by atoms with Crippen LogP contribution in [0.4, 0.5) is 0 Å². The predicted octanol–water partition coefficient (Wildman–Crippen LogP) is 3.48. The van der Waals surface area contributed by atoms with E-state index in [1.54, 1.807) is 0 Å². The van der Waals surface area contributed by atoms with Gasteiger partial charge in [-0.05, 0) is 47.6 Å². The molecule has 1 aliphatic carbocycles. The number of aryl methyl sites for hydroxylation is 1. The summed E-state index contributed by atoms with van der Waals surface area (Å²) >= 11 is 5.95. The maximum absolute atomic E-state index is 5.95. The SMILES string of the molecule is Cc1cc(Cl)cc2c1C(C)(C)C2. The lowest BCUT2D eigenvalue weighted by Gasteiger charge is -2.39. The summed E-state index contributed by atoms with van der Waals surface area (Å²) in [6.07, 6.45) is 1.17. The number of halogens is 1. The van der Waals surface area contributed by atoms with Crippen LogP contribution in [-0.2, 0) is 11.8 Å². The van der Waals surface area contributed by atoms with Crippen LogP contribution in [0.3, 0.4) is 0 Å². The van der Waals surface area contributed by atoms with Gasteiger partial charge in [0.2, 0.25) is 0 Å². The fourth-order valence-electron chi connectivity index (χ4n) is 2.38. The van der Waals surface area contributed by atoms with Gasteiger partial charge in [-0.1, -0.05) is 25.4 Å². The molecule has 0 unspecified atom stereocenters. The van der Waals surface area contributed by atoms with Gasteiger partial charge < -0.3 is 0 Å². The van der Waals surface area contributed by atoms with E-state index in [-0.39, 0.29) is 0 Å². The van der Waals surface area contributed by atoms with Gasteiger partial charge in [0.05, 0.1) is 0 Å². The van der Waals surface area contributed by atoms with Crippen LogP contribution >= 0.6 is 11.6 Å². The van der Waals surface area contributed by atoms with Gasteiger partial charge in [-0.3, -0.25) is 0 Å². The molecule has 0 saturated heterocycles. The molecular formula is C11H13Cl. The Kier molecular flexibility index (Phi) is 1.53. The highest BCUT2D eigenvalue weighted by atomic mass is 35.5. The van der Waals surface area contributed by atoms with Crippen molar-refractivity contribution in [1.82, 2.24) is 0 Å². The summed E-state index contributed by atoms with van der Waals surface area (Å²) in [4.78, 5) is 0. The Hall–Kier alpha value is -0.490. The van der Waals surface area contributed by atoms with Crippen molar-refractivity contribution in [2.75, 3.05) is 0 Å². The van der Waals surface area contributed by atoms with Gasteiger partial charge in [0, 0.05) is 5.02 Å². The van der Waals surface area contributed by atoms with Crippen molar-refractivity contribution >= 4 is 11.6 Å². The van der Waals surface area contributed by atoms with Gasteiger partial charge in [-0.15, -0.1) is 0 Å². The molecule has 0 atom stereocenters. The molecule has 1 aromatic carbocycles. The molecule has 0 heterocycles. The Labute approximate surface area is 78.6 Å². The highest BCUT2D eigenvalue weighted by Gasteiger charge is 2.35. The zero-order valence-corrected chi connectivity index (χ0v) is 8.50. The molecule has 0 aromatic heterocycles. The zero-order valence-electron chi connectivity index (χ0n) is 7.74. The van der Waals surface area contributed by atoms with E-state index in [9.17, 15) is 0 Å². The van der Waals surface area contributed by atoms with Crippen molar-refractivity contribution in [3.8, 4) is 0 Å². The van der Waals surface area contributed by atoms with E-state index in [0.29, 0.717) is 5.41 Å². The van der Waals surface area contributed by atoms with E-state index in [1.165, 1.54) is 23.1 Å². The summed E-state index contributed by atoms with van der Waals surface area (Å²) in [5.41, 5.74) is 4.66. The molecule has 0 bridgehead atoms. The number of rotatable bonds is 0. The van der Waals surface area contributed by atoms with Crippen LogP contribution in [0.25, 0.3) is 0 Å². The molecule has 0 fully saturated rings. The molecule has 0 nitrogen and oxygen atoms in total. The van der Waals surface area contributed by atoms with E-state index in [4.69, 9.17) is 11.6 Å². The standard InChI is InChI=1S/C11H13Cl/c1-7-4-9(12)5-8-6-11(2,3)10(7)8/h4-5H,6H2,1-3H3. The molecule has 1 heteroatoms. The number of benzene rings is 1. The lowest BCUT2D eigenvalue weighted by molar-refractivity contribution is 0.452. The summed E-state index contributed by atoms with van der Waals surface area (Å²) in [6.45, 7) is 6.72. The summed E-state index contributed by atoms with van der Waals surface area (Å²) in [5.74, 6) is 0. The first-order valence-electron chi connectivity index (χ1n) is 4.30. The van der Waals surface area contributed by atoms with Crippen LogP contribution in [0.2, 0.25) is 5.02 Å². The summed E-state index contributed by atoms with van der Waals surface area (Å²) in [7, 11) is 0. The van der Waals surface area contributed by atoms with Crippen molar-refractivity contribution in [3.63, 3.8) is 0 Å². The number of hydrogen-bond acceptors (Lipinski definition) is 0. The Morgan fingerprint density at radius 2 is 2.00 bits per heavy atom. The first-order chi connectivity index (χ1) is 5.50. The number of fused-ring (bicyclic) bond motifs is 1. The molecule has 12 heavy (non-hydrogen) atoms. The van der Waals surface area contributed by atoms with Gasteiger partial charge in [0.15, 0.2) is 0 Å². The van der Waals surface area contributed by atoms with E-state index in [0.717, 1.165) is 5.02 Å². The molecule has 0 amide bonds. The van der Waals surface area contributed by atoms with Crippen molar-refractivity contribution in [3.05, 3.63) is 33.8 Å². The van der Waals surface area contributed by atoms with Crippen molar-refractivity contribution in [1.29, 1.82) is 0 Å². The van der Waals surface area contributed by atoms with Crippen molar-refractivity contribution in [2.24, 2.45) is 0 Å². The van der Waals surface area contributed by atoms with E-state index in [1.807, 2.05) is 0 Å². The average molecular weight is 181 g/mol. The number of hydrogen-bond donors (Lipinski definition) is 0. The molecule has 0 aliphatic heterocycles. The minimum atomic E-state index is 0.379. The highest BCUT2D eigenvalue weighted by molar-refractivity contribution is 6.30. The van der Waals surface area contributed by atoms with Gasteiger partial charge in [0.1, 0.15) is 0 Å². The Balaban J connectivity index is 2.61. The summed E-state index contributed by atoms with van der Waals surface area (Å²) in [6, 6.07) is 4.15. The van der Waals surface area contributed by atoms with Gasteiger partial charge >= 0.3 is 0 Å². The molecule has 0 spiro atoms. The third-order valence-electron chi connectivity index (χ3n) is 2.69. The summed E-state index contributed by atoms with van der Waals surface area (Å²) in [5, 5.41) is 0.877. The predicted molar refractivity (Wildman–Crippen MR) is 52.9 cm³/mol. The van der Waals surface area contributed by atoms with Crippen LogP contribution < -0.4 is 0 Å². The minimum absolute atomic E-state index is 0.379. The summed E-state index contributed by atoms with van der Waals surface area (Å²) < 4.78 is 0. The molecular weight excluding hydrogens is 168 g/mol. The van der Waals surface area contributed by atoms with E-state index >= 15 is 0 Å². The lowest BCUT2D eigenvalue weighted by atomic mass is 9.65. The second-order valence-electron chi connectivity index (χ2n) is 4.32. The Morgan fingerprint density at radius 1 is 1.33 bits per heavy atom. The third-order valence-corrected chi connectivity index (χ3v) is 2.91. The van der Waals surface area contributed by atoms with Crippen LogP contribution in [-0.4, -0.2) is 0 Å². The molecule has 64 valence electrons. The van der Waals surface area contributed by atoms with Crippen LogP contribution in [0.5, 0.6) is 0 Å². The maximum atomic E-state index is 5.95. The minimum Gasteiger partial charge on any atom is -0.0843 e. The molecule has 2 rings (SSSR count). The fraction of sp³-hybridized carbons (Fsp3) is 0.455. The first kappa shape index (κ1) is 8.12. The second kappa shape index (κ2) is 2.26. The monoisotopic (exact) mass is 180 g/mol. The lowest BCUT2D eigenvalue weighted by Crippen LogP contribution is -2.33. The van der Waals surface area contributed by atoms with Crippen LogP contribution in [0.1, 0.15) is 30.5 Å².